The van der Waals surface area contributed by atoms with Gasteiger partial charge in [-0.1, -0.05) is 48.5 Å². The van der Waals surface area contributed by atoms with Gasteiger partial charge in [-0.15, -0.1) is 0 Å². The Labute approximate surface area is 149 Å². The van der Waals surface area contributed by atoms with Crippen molar-refractivity contribution in [3.63, 3.8) is 0 Å². The van der Waals surface area contributed by atoms with Crippen LogP contribution in [-0.4, -0.2) is 37.7 Å². The van der Waals surface area contributed by atoms with Crippen molar-refractivity contribution in [1.29, 1.82) is 0 Å². The molecule has 0 saturated heterocycles. The van der Waals surface area contributed by atoms with E-state index in [1.54, 1.807) is 24.3 Å². The molecule has 6 heteroatoms. The molecule has 2 aromatic rings. The lowest BCUT2D eigenvalue weighted by Crippen LogP contribution is -2.33. The Balaban J connectivity index is 2.34. The van der Waals surface area contributed by atoms with E-state index in [0.717, 1.165) is 0 Å². The average molecular weight is 352 g/mol. The van der Waals surface area contributed by atoms with Gasteiger partial charge < -0.3 is 9.47 Å². The summed E-state index contributed by atoms with van der Waals surface area (Å²) < 4.78 is 9.59. The summed E-state index contributed by atoms with van der Waals surface area (Å²) >= 11 is 0. The number of esters is 2. The third-order valence-electron chi connectivity index (χ3n) is 4.47. The van der Waals surface area contributed by atoms with Crippen LogP contribution in [0.4, 0.5) is 0 Å². The van der Waals surface area contributed by atoms with Gasteiger partial charge >= 0.3 is 11.9 Å². The summed E-state index contributed by atoms with van der Waals surface area (Å²) in [5.41, 5.74) is 0.692. The van der Waals surface area contributed by atoms with Gasteiger partial charge in [-0.3, -0.25) is 19.2 Å². The lowest BCUT2D eigenvalue weighted by Gasteiger charge is -2.25. The molecule has 0 spiro atoms. The van der Waals surface area contributed by atoms with Gasteiger partial charge in [0.25, 0.3) is 0 Å². The lowest BCUT2D eigenvalue weighted by molar-refractivity contribution is -0.141. The standard InChI is InChI=1S/C20H16O6/c1-25-19(23)15-11-7-3-5-9-13(11)18(22)16(20(24)26-2)12-8-4-6-10-14(12)17(15)21/h3-10,15-16H,1-2H3. The fourth-order valence-corrected chi connectivity index (χ4v) is 3.24. The Morgan fingerprint density at radius 1 is 0.692 bits per heavy atom. The molecule has 0 radical (unpaired) electrons. The third kappa shape index (κ3) is 2.69. The number of carbonyl (C=O) groups is 4. The zero-order valence-corrected chi connectivity index (χ0v) is 14.2. The molecule has 6 nitrogen and oxygen atoms in total. The molecule has 0 aromatic heterocycles. The maximum Gasteiger partial charge on any atom is 0.321 e. The van der Waals surface area contributed by atoms with Crippen molar-refractivity contribution < 1.29 is 28.7 Å². The number of hydrogen-bond acceptors (Lipinski definition) is 6. The van der Waals surface area contributed by atoms with Crippen LogP contribution in [0.1, 0.15) is 43.7 Å². The first-order chi connectivity index (χ1) is 12.5. The molecule has 0 amide bonds. The van der Waals surface area contributed by atoms with Crippen LogP contribution in [0.3, 0.4) is 0 Å². The highest BCUT2D eigenvalue weighted by molar-refractivity contribution is 6.21. The molecular formula is C20H16O6. The van der Waals surface area contributed by atoms with E-state index in [2.05, 4.69) is 0 Å². The number of benzene rings is 2. The average Bonchev–Trinajstić information content (AvgIpc) is 2.67. The molecule has 132 valence electrons. The maximum absolute atomic E-state index is 13.2. The minimum atomic E-state index is -1.28. The highest BCUT2D eigenvalue weighted by atomic mass is 16.5. The Kier molecular flexibility index (Phi) is 4.67. The van der Waals surface area contributed by atoms with E-state index in [1.807, 2.05) is 0 Å². The van der Waals surface area contributed by atoms with E-state index in [0.29, 0.717) is 0 Å². The van der Waals surface area contributed by atoms with E-state index in [1.165, 1.54) is 38.5 Å². The summed E-state index contributed by atoms with van der Waals surface area (Å²) in [6, 6.07) is 12.5. The molecule has 26 heavy (non-hydrogen) atoms. The lowest BCUT2D eigenvalue weighted by atomic mass is 9.76. The topological polar surface area (TPSA) is 86.7 Å². The number of hydrogen-bond donors (Lipinski definition) is 0. The highest BCUT2D eigenvalue weighted by Gasteiger charge is 2.42. The number of Topliss-reactive ketones (excluding diaryl/α,β-unsaturated/α-hetero) is 2. The summed E-state index contributed by atoms with van der Waals surface area (Å²) in [5, 5.41) is 0. The quantitative estimate of drug-likeness (QED) is 0.609. The largest absolute Gasteiger partial charge is 0.468 e. The Morgan fingerprint density at radius 3 is 1.38 bits per heavy atom. The van der Waals surface area contributed by atoms with Crippen LogP contribution in [0.2, 0.25) is 0 Å². The van der Waals surface area contributed by atoms with Gasteiger partial charge in [0.2, 0.25) is 0 Å². The SMILES string of the molecule is COC(=O)C1C(=O)c2ccccc2C(C(=O)OC)C(=O)c2ccccc21. The molecule has 1 aliphatic carbocycles. The normalized spacial score (nSPS) is 18.8. The van der Waals surface area contributed by atoms with Gasteiger partial charge in [0.05, 0.1) is 14.2 Å². The van der Waals surface area contributed by atoms with Gasteiger partial charge in [0, 0.05) is 11.1 Å². The maximum atomic E-state index is 13.2. The van der Waals surface area contributed by atoms with E-state index >= 15 is 0 Å². The van der Waals surface area contributed by atoms with E-state index in [4.69, 9.17) is 9.47 Å². The van der Waals surface area contributed by atoms with E-state index < -0.39 is 35.3 Å². The van der Waals surface area contributed by atoms with Crippen LogP contribution >= 0.6 is 0 Å². The van der Waals surface area contributed by atoms with Crippen LogP contribution < -0.4 is 0 Å². The second kappa shape index (κ2) is 6.92. The second-order valence-electron chi connectivity index (χ2n) is 5.82. The summed E-state index contributed by atoms with van der Waals surface area (Å²) in [6.45, 7) is 0. The van der Waals surface area contributed by atoms with Crippen LogP contribution in [0.25, 0.3) is 0 Å². The molecule has 0 fully saturated rings. The van der Waals surface area contributed by atoms with Gasteiger partial charge in [-0.2, -0.15) is 0 Å². The van der Waals surface area contributed by atoms with Gasteiger partial charge in [-0.05, 0) is 11.1 Å². The van der Waals surface area contributed by atoms with Crippen molar-refractivity contribution in [2.45, 2.75) is 11.8 Å². The van der Waals surface area contributed by atoms with Crippen LogP contribution in [0.5, 0.6) is 0 Å². The van der Waals surface area contributed by atoms with Crippen molar-refractivity contribution in [3.05, 3.63) is 70.8 Å². The van der Waals surface area contributed by atoms with Crippen molar-refractivity contribution in [1.82, 2.24) is 0 Å². The minimum Gasteiger partial charge on any atom is -0.468 e. The number of ether oxygens (including phenoxy) is 2. The summed E-state index contributed by atoms with van der Waals surface area (Å²) in [7, 11) is 2.37. The van der Waals surface area contributed by atoms with Crippen molar-refractivity contribution >= 4 is 23.5 Å². The number of rotatable bonds is 2. The minimum absolute atomic E-state index is 0.126. The smallest absolute Gasteiger partial charge is 0.321 e. The molecule has 0 heterocycles. The second-order valence-corrected chi connectivity index (χ2v) is 5.82. The molecular weight excluding hydrogens is 336 g/mol. The first-order valence-corrected chi connectivity index (χ1v) is 7.93. The van der Waals surface area contributed by atoms with E-state index in [-0.39, 0.29) is 22.3 Å². The number of methoxy groups -OCH3 is 2. The predicted octanol–water partition coefficient (Wildman–Crippen LogP) is 2.28. The van der Waals surface area contributed by atoms with E-state index in [9.17, 15) is 19.2 Å². The third-order valence-corrected chi connectivity index (χ3v) is 4.47. The molecule has 2 unspecified atom stereocenters. The Bertz CT molecular complexity index is 839. The molecule has 1 aliphatic rings. The fraction of sp³-hybridized carbons (Fsp3) is 0.200. The van der Waals surface area contributed by atoms with Crippen molar-refractivity contribution in [3.8, 4) is 0 Å². The molecule has 3 rings (SSSR count). The number of fused-ring (bicyclic) bond motifs is 2. The molecule has 0 aliphatic heterocycles. The molecule has 2 aromatic carbocycles. The Morgan fingerprint density at radius 2 is 1.04 bits per heavy atom. The number of carbonyl (C=O) groups excluding carboxylic acids is 4. The number of ketones is 2. The zero-order valence-electron chi connectivity index (χ0n) is 14.2. The van der Waals surface area contributed by atoms with Gasteiger partial charge in [-0.25, -0.2) is 0 Å². The molecule has 2 atom stereocenters. The monoisotopic (exact) mass is 352 g/mol. The zero-order chi connectivity index (χ0) is 18.8. The molecule has 0 N–H and O–H groups in total. The Hall–Kier alpha value is -3.28. The molecule has 0 saturated carbocycles. The van der Waals surface area contributed by atoms with Gasteiger partial charge in [0.1, 0.15) is 11.8 Å². The van der Waals surface area contributed by atoms with Crippen molar-refractivity contribution in [2.75, 3.05) is 14.2 Å². The summed E-state index contributed by atoms with van der Waals surface area (Å²) in [5.74, 6) is -5.13. The van der Waals surface area contributed by atoms with Crippen LogP contribution in [0.15, 0.2) is 48.5 Å². The first kappa shape index (κ1) is 17.5. The van der Waals surface area contributed by atoms with Gasteiger partial charge in [0.15, 0.2) is 11.6 Å². The summed E-state index contributed by atoms with van der Waals surface area (Å²) in [4.78, 5) is 51.0. The summed E-state index contributed by atoms with van der Waals surface area (Å²) in [6.07, 6.45) is 0. The van der Waals surface area contributed by atoms with Crippen LogP contribution in [-0.2, 0) is 19.1 Å². The highest BCUT2D eigenvalue weighted by Crippen LogP contribution is 2.36. The first-order valence-electron chi connectivity index (χ1n) is 7.93. The predicted molar refractivity (Wildman–Crippen MR) is 91.1 cm³/mol. The van der Waals surface area contributed by atoms with Crippen molar-refractivity contribution in [2.24, 2.45) is 0 Å². The fourth-order valence-electron chi connectivity index (χ4n) is 3.24. The van der Waals surface area contributed by atoms with Crippen LogP contribution in [0, 0.1) is 0 Å². The molecule has 0 bridgehead atoms.